The molecular formula is C17H18FN3S. The molecule has 0 heterocycles. The van der Waals surface area contributed by atoms with Gasteiger partial charge < -0.3 is 5.32 Å². The predicted octanol–water partition coefficient (Wildman–Crippen LogP) is 4.27. The lowest BCUT2D eigenvalue weighted by molar-refractivity contribution is 0.627. The van der Waals surface area contributed by atoms with Crippen LogP contribution >= 0.6 is 12.2 Å². The summed E-state index contributed by atoms with van der Waals surface area (Å²) in [6.07, 6.45) is 1.51. The van der Waals surface area contributed by atoms with Crippen LogP contribution in [0.4, 0.5) is 10.1 Å². The highest BCUT2D eigenvalue weighted by atomic mass is 32.1. The van der Waals surface area contributed by atoms with Crippen molar-refractivity contribution in [1.82, 2.24) is 5.43 Å². The van der Waals surface area contributed by atoms with E-state index in [9.17, 15) is 4.39 Å². The summed E-state index contributed by atoms with van der Waals surface area (Å²) in [7, 11) is 0. The maximum absolute atomic E-state index is 13.0. The molecule has 0 saturated carbocycles. The molecule has 0 atom stereocenters. The Morgan fingerprint density at radius 3 is 2.55 bits per heavy atom. The summed E-state index contributed by atoms with van der Waals surface area (Å²) in [4.78, 5) is 0. The highest BCUT2D eigenvalue weighted by Crippen LogP contribution is 2.16. The lowest BCUT2D eigenvalue weighted by Gasteiger charge is -2.09. The summed E-state index contributed by atoms with van der Waals surface area (Å²) >= 11 is 5.15. The molecule has 0 spiro atoms. The molecule has 2 aromatic carbocycles. The largest absolute Gasteiger partial charge is 0.331 e. The molecule has 5 heteroatoms. The van der Waals surface area contributed by atoms with Crippen LogP contribution in [0.15, 0.2) is 53.6 Å². The molecule has 2 aromatic rings. The second-order valence-electron chi connectivity index (χ2n) is 5.16. The zero-order valence-electron chi connectivity index (χ0n) is 12.5. The van der Waals surface area contributed by atoms with Crippen molar-refractivity contribution < 1.29 is 4.39 Å². The Balaban J connectivity index is 1.87. The summed E-state index contributed by atoms with van der Waals surface area (Å²) in [6.45, 7) is 4.30. The molecule has 2 N–H and O–H groups in total. The Morgan fingerprint density at radius 1 is 1.18 bits per heavy atom. The topological polar surface area (TPSA) is 36.4 Å². The Labute approximate surface area is 135 Å². The highest BCUT2D eigenvalue weighted by Gasteiger charge is 2.00. The number of anilines is 1. The minimum absolute atomic E-state index is 0.296. The van der Waals surface area contributed by atoms with Crippen molar-refractivity contribution in [3.8, 4) is 0 Å². The average molecular weight is 315 g/mol. The summed E-state index contributed by atoms with van der Waals surface area (Å²) in [6, 6.07) is 14.2. The van der Waals surface area contributed by atoms with Gasteiger partial charge in [-0.05, 0) is 53.5 Å². The molecule has 22 heavy (non-hydrogen) atoms. The van der Waals surface area contributed by atoms with Crippen molar-refractivity contribution in [2.24, 2.45) is 5.10 Å². The number of benzene rings is 2. The molecule has 114 valence electrons. The number of thiocarbonyl (C=S) groups is 1. The summed E-state index contributed by atoms with van der Waals surface area (Å²) in [5, 5.41) is 7.40. The first kappa shape index (κ1) is 16.1. The Bertz CT molecular complexity index is 666. The monoisotopic (exact) mass is 315 g/mol. The van der Waals surface area contributed by atoms with Crippen molar-refractivity contribution in [3.05, 3.63) is 65.5 Å². The molecule has 0 aliphatic rings. The molecule has 0 bridgehead atoms. The van der Waals surface area contributed by atoms with Gasteiger partial charge in [-0.3, -0.25) is 5.43 Å². The average Bonchev–Trinajstić information content (AvgIpc) is 2.48. The van der Waals surface area contributed by atoms with Crippen LogP contribution in [0.1, 0.15) is 30.9 Å². The van der Waals surface area contributed by atoms with Gasteiger partial charge in [0.1, 0.15) is 5.82 Å². The van der Waals surface area contributed by atoms with Gasteiger partial charge in [0.15, 0.2) is 5.11 Å². The van der Waals surface area contributed by atoms with Gasteiger partial charge in [-0.2, -0.15) is 5.10 Å². The van der Waals surface area contributed by atoms with Crippen molar-refractivity contribution in [2.75, 3.05) is 5.32 Å². The fourth-order valence-electron chi connectivity index (χ4n) is 1.86. The highest BCUT2D eigenvalue weighted by molar-refractivity contribution is 7.80. The van der Waals surface area contributed by atoms with E-state index in [0.29, 0.717) is 16.6 Å². The molecule has 0 aromatic heterocycles. The van der Waals surface area contributed by atoms with Crippen LogP contribution in [0, 0.1) is 5.82 Å². The Morgan fingerprint density at radius 2 is 1.91 bits per heavy atom. The fraction of sp³-hybridized carbons (Fsp3) is 0.176. The van der Waals surface area contributed by atoms with E-state index in [0.717, 1.165) is 5.69 Å². The molecule has 2 rings (SSSR count). The third-order valence-corrected chi connectivity index (χ3v) is 3.26. The van der Waals surface area contributed by atoms with Crippen LogP contribution in [0.3, 0.4) is 0 Å². The number of halogens is 1. The first-order valence-electron chi connectivity index (χ1n) is 7.00. The zero-order valence-corrected chi connectivity index (χ0v) is 13.3. The standard InChI is InChI=1S/C17H18FN3S/c1-12(2)14-6-8-16(9-7-14)20-17(22)21-19-11-13-4-3-5-15(18)10-13/h3-12H,1-2H3,(H2,20,21,22)/b19-11+. The number of nitrogens with zero attached hydrogens (tertiary/aromatic N) is 1. The zero-order chi connectivity index (χ0) is 15.9. The van der Waals surface area contributed by atoms with Crippen LogP contribution in [0.2, 0.25) is 0 Å². The third kappa shape index (κ3) is 4.93. The second-order valence-corrected chi connectivity index (χ2v) is 5.56. The fourth-order valence-corrected chi connectivity index (χ4v) is 2.03. The van der Waals surface area contributed by atoms with Gasteiger partial charge in [0, 0.05) is 5.69 Å². The van der Waals surface area contributed by atoms with E-state index in [2.05, 4.69) is 41.8 Å². The summed E-state index contributed by atoms with van der Waals surface area (Å²) < 4.78 is 13.0. The number of hydrogen-bond acceptors (Lipinski definition) is 2. The number of rotatable bonds is 4. The third-order valence-electron chi connectivity index (χ3n) is 3.06. The normalized spacial score (nSPS) is 10.9. The van der Waals surface area contributed by atoms with Crippen LogP contribution in [0.25, 0.3) is 0 Å². The maximum atomic E-state index is 13.0. The van der Waals surface area contributed by atoms with Crippen molar-refractivity contribution >= 4 is 29.2 Å². The maximum Gasteiger partial charge on any atom is 0.191 e. The van der Waals surface area contributed by atoms with Gasteiger partial charge in [-0.1, -0.05) is 38.1 Å². The van der Waals surface area contributed by atoms with E-state index >= 15 is 0 Å². The van der Waals surface area contributed by atoms with Gasteiger partial charge in [0.05, 0.1) is 6.21 Å². The van der Waals surface area contributed by atoms with E-state index in [4.69, 9.17) is 12.2 Å². The molecule has 3 nitrogen and oxygen atoms in total. The molecule has 0 fully saturated rings. The lowest BCUT2D eigenvalue weighted by Crippen LogP contribution is -2.23. The molecule has 0 saturated heterocycles. The van der Waals surface area contributed by atoms with Crippen molar-refractivity contribution in [3.63, 3.8) is 0 Å². The van der Waals surface area contributed by atoms with Crippen LogP contribution in [-0.4, -0.2) is 11.3 Å². The number of hydrogen-bond donors (Lipinski definition) is 2. The summed E-state index contributed by atoms with van der Waals surface area (Å²) in [5.41, 5.74) is 5.53. The summed E-state index contributed by atoms with van der Waals surface area (Å²) in [5.74, 6) is 0.199. The Kier molecular flexibility index (Phi) is 5.61. The number of hydrazone groups is 1. The van der Waals surface area contributed by atoms with E-state index < -0.39 is 0 Å². The van der Waals surface area contributed by atoms with E-state index in [1.165, 1.54) is 23.9 Å². The lowest BCUT2D eigenvalue weighted by atomic mass is 10.0. The molecule has 0 aliphatic heterocycles. The Hall–Kier alpha value is -2.27. The van der Waals surface area contributed by atoms with Crippen LogP contribution < -0.4 is 10.7 Å². The van der Waals surface area contributed by atoms with Gasteiger partial charge in [0.2, 0.25) is 0 Å². The first-order valence-corrected chi connectivity index (χ1v) is 7.41. The van der Waals surface area contributed by atoms with E-state index in [-0.39, 0.29) is 5.82 Å². The second kappa shape index (κ2) is 7.66. The molecule has 0 amide bonds. The molecule has 0 aliphatic carbocycles. The molecule has 0 radical (unpaired) electrons. The first-order chi connectivity index (χ1) is 10.5. The molecular weight excluding hydrogens is 297 g/mol. The predicted molar refractivity (Wildman–Crippen MR) is 93.9 cm³/mol. The van der Waals surface area contributed by atoms with E-state index in [1.807, 2.05) is 12.1 Å². The van der Waals surface area contributed by atoms with Crippen molar-refractivity contribution in [1.29, 1.82) is 0 Å². The SMILES string of the molecule is CC(C)c1ccc(NC(=S)N/N=C/c2cccc(F)c2)cc1. The quantitative estimate of drug-likeness (QED) is 0.502. The van der Waals surface area contributed by atoms with Gasteiger partial charge >= 0.3 is 0 Å². The van der Waals surface area contributed by atoms with Crippen LogP contribution in [-0.2, 0) is 0 Å². The smallest absolute Gasteiger partial charge is 0.191 e. The van der Waals surface area contributed by atoms with Crippen molar-refractivity contribution in [2.45, 2.75) is 19.8 Å². The molecule has 0 unspecified atom stereocenters. The van der Waals surface area contributed by atoms with Crippen LogP contribution in [0.5, 0.6) is 0 Å². The minimum atomic E-state index is -0.296. The van der Waals surface area contributed by atoms with Gasteiger partial charge in [-0.25, -0.2) is 4.39 Å². The number of nitrogens with one attached hydrogen (secondary N) is 2. The van der Waals surface area contributed by atoms with Gasteiger partial charge in [0.25, 0.3) is 0 Å². The van der Waals surface area contributed by atoms with Gasteiger partial charge in [-0.15, -0.1) is 0 Å². The minimum Gasteiger partial charge on any atom is -0.331 e. The van der Waals surface area contributed by atoms with E-state index in [1.54, 1.807) is 12.1 Å².